The van der Waals surface area contributed by atoms with Crippen molar-refractivity contribution in [2.75, 3.05) is 19.0 Å². The number of esters is 1. The lowest BCUT2D eigenvalue weighted by Crippen LogP contribution is -2.23. The Kier molecular flexibility index (Phi) is 5.55. The number of hydrogen-bond donors (Lipinski definition) is 2. The van der Waals surface area contributed by atoms with E-state index in [-0.39, 0.29) is 30.1 Å². The summed E-state index contributed by atoms with van der Waals surface area (Å²) in [6, 6.07) is 7.11. The molecule has 2 aromatic rings. The van der Waals surface area contributed by atoms with Gasteiger partial charge >= 0.3 is 5.97 Å². The average molecular weight is 437 g/mol. The lowest BCUT2D eigenvalue weighted by Gasteiger charge is -2.10. The summed E-state index contributed by atoms with van der Waals surface area (Å²) in [5.41, 5.74) is 7.13. The normalized spacial score (nSPS) is 15.4. The van der Waals surface area contributed by atoms with Crippen LogP contribution in [0.5, 0.6) is 0 Å². The van der Waals surface area contributed by atoms with Gasteiger partial charge in [0.1, 0.15) is 5.00 Å². The molecule has 0 bridgehead atoms. The van der Waals surface area contributed by atoms with Crippen molar-refractivity contribution in [1.82, 2.24) is 0 Å². The number of nitrogens with two attached hydrogens (primary N) is 1. The number of thiophene rings is 1. The van der Waals surface area contributed by atoms with Gasteiger partial charge in [-0.3, -0.25) is 14.4 Å². The summed E-state index contributed by atoms with van der Waals surface area (Å²) in [4.78, 5) is 37.8. The molecular weight excluding hydrogens is 420 g/mol. The number of rotatable bonds is 5. The first-order valence-corrected chi connectivity index (χ1v) is 9.58. The Bertz CT molecular complexity index is 893. The second-order valence-corrected chi connectivity index (χ2v) is 7.86. The number of carbonyl (C=O) groups excluding carboxylic acids is 3. The molecule has 1 aromatic carbocycles. The van der Waals surface area contributed by atoms with Gasteiger partial charge in [-0.15, -0.1) is 11.3 Å². The number of fused-ring (bicyclic) bond motifs is 1. The van der Waals surface area contributed by atoms with E-state index >= 15 is 0 Å². The summed E-state index contributed by atoms with van der Waals surface area (Å²) in [5, 5.41) is 3.20. The van der Waals surface area contributed by atoms with E-state index in [2.05, 4.69) is 21.2 Å². The first-order chi connectivity index (χ1) is 12.5. The van der Waals surface area contributed by atoms with Crippen LogP contribution in [-0.2, 0) is 27.2 Å². The highest BCUT2D eigenvalue weighted by molar-refractivity contribution is 9.10. The van der Waals surface area contributed by atoms with Crippen molar-refractivity contribution in [3.05, 3.63) is 50.3 Å². The summed E-state index contributed by atoms with van der Waals surface area (Å²) in [6.45, 7) is -0.171. The Morgan fingerprint density at radius 3 is 2.69 bits per heavy atom. The molecule has 0 aliphatic heterocycles. The molecule has 136 valence electrons. The number of nitrogens with one attached hydrogen (secondary N) is 1. The number of ether oxygens (including phenoxy) is 1. The van der Waals surface area contributed by atoms with Crippen molar-refractivity contribution in [1.29, 1.82) is 0 Å². The smallest absolute Gasteiger partial charge is 0.309 e. The largest absolute Gasteiger partial charge is 0.469 e. The molecule has 0 saturated heterocycles. The van der Waals surface area contributed by atoms with Gasteiger partial charge in [0, 0.05) is 14.9 Å². The zero-order valence-corrected chi connectivity index (χ0v) is 16.4. The maximum Gasteiger partial charge on any atom is 0.309 e. The van der Waals surface area contributed by atoms with Crippen molar-refractivity contribution >= 4 is 49.9 Å². The molecule has 1 aliphatic rings. The van der Waals surface area contributed by atoms with Crippen LogP contribution in [0, 0.1) is 5.92 Å². The Hall–Kier alpha value is -2.03. The van der Waals surface area contributed by atoms with E-state index in [0.29, 0.717) is 33.4 Å². The first kappa shape index (κ1) is 18.8. The van der Waals surface area contributed by atoms with Gasteiger partial charge in [0.05, 0.1) is 25.1 Å². The maximum atomic E-state index is 13.2. The van der Waals surface area contributed by atoms with Crippen LogP contribution in [0.15, 0.2) is 28.7 Å². The number of methoxy groups -OCH3 is 1. The number of carbonyl (C=O) groups is 3. The minimum atomic E-state index is -0.365. The van der Waals surface area contributed by atoms with E-state index in [9.17, 15) is 14.4 Å². The molecule has 0 saturated carbocycles. The van der Waals surface area contributed by atoms with Crippen molar-refractivity contribution in [3.63, 3.8) is 0 Å². The summed E-state index contributed by atoms with van der Waals surface area (Å²) in [5.74, 6) is -1.16. The zero-order chi connectivity index (χ0) is 18.8. The fourth-order valence-electron chi connectivity index (χ4n) is 3.05. The van der Waals surface area contributed by atoms with Gasteiger partial charge in [0.2, 0.25) is 5.91 Å². The van der Waals surface area contributed by atoms with Crippen molar-refractivity contribution in [2.45, 2.75) is 12.8 Å². The zero-order valence-electron chi connectivity index (χ0n) is 14.0. The molecule has 1 aromatic heterocycles. The maximum absolute atomic E-state index is 13.2. The average Bonchev–Trinajstić information content (AvgIpc) is 3.18. The van der Waals surface area contributed by atoms with Gasteiger partial charge < -0.3 is 15.8 Å². The third-order valence-electron chi connectivity index (χ3n) is 4.29. The summed E-state index contributed by atoms with van der Waals surface area (Å²) in [7, 11) is 1.36. The molecule has 1 heterocycles. The highest BCUT2D eigenvalue weighted by atomic mass is 79.9. The predicted molar refractivity (Wildman–Crippen MR) is 102 cm³/mol. The Morgan fingerprint density at radius 2 is 2.04 bits per heavy atom. The van der Waals surface area contributed by atoms with Crippen LogP contribution >= 0.6 is 27.3 Å². The van der Waals surface area contributed by atoms with Crippen molar-refractivity contribution < 1.29 is 19.1 Å². The topological polar surface area (TPSA) is 98.5 Å². The van der Waals surface area contributed by atoms with E-state index < -0.39 is 0 Å². The monoisotopic (exact) mass is 436 g/mol. The number of hydrogen-bond acceptors (Lipinski definition) is 6. The number of ketones is 1. The number of anilines is 1. The Labute approximate surface area is 162 Å². The Morgan fingerprint density at radius 1 is 1.31 bits per heavy atom. The summed E-state index contributed by atoms with van der Waals surface area (Å²) < 4.78 is 5.51. The second-order valence-electron chi connectivity index (χ2n) is 5.90. The van der Waals surface area contributed by atoms with Crippen molar-refractivity contribution in [3.8, 4) is 0 Å². The van der Waals surface area contributed by atoms with Crippen molar-refractivity contribution in [2.24, 2.45) is 11.7 Å². The third kappa shape index (κ3) is 3.44. The number of benzene rings is 1. The Balaban J connectivity index is 2.05. The SMILES string of the molecule is COC(=O)C1Cc2sc(NC(=O)CN)c(C(=O)c3ccccc3Br)c2C1. The number of halogens is 1. The van der Waals surface area contributed by atoms with Crippen LogP contribution in [0.1, 0.15) is 26.4 Å². The standard InChI is InChI=1S/C18H17BrN2O4S/c1-25-18(24)9-6-11-13(7-9)26-17(21-14(22)8-20)15(11)16(23)10-4-2-3-5-12(10)19/h2-5,9H,6-8,20H2,1H3,(H,21,22). The van der Waals surface area contributed by atoms with E-state index in [0.717, 1.165) is 10.4 Å². The number of amides is 1. The molecule has 8 heteroatoms. The van der Waals surface area contributed by atoms with Crippen LogP contribution in [-0.4, -0.2) is 31.3 Å². The van der Waals surface area contributed by atoms with Crippen LogP contribution in [0.25, 0.3) is 0 Å². The van der Waals surface area contributed by atoms with Gasteiger partial charge in [-0.2, -0.15) is 0 Å². The molecule has 3 rings (SSSR count). The van der Waals surface area contributed by atoms with Gasteiger partial charge in [-0.25, -0.2) is 0 Å². The van der Waals surface area contributed by atoms with Gasteiger partial charge in [0.25, 0.3) is 0 Å². The second kappa shape index (κ2) is 7.69. The fraction of sp³-hybridized carbons (Fsp3) is 0.278. The molecule has 1 atom stereocenters. The quantitative estimate of drug-likeness (QED) is 0.554. The summed E-state index contributed by atoms with van der Waals surface area (Å²) >= 11 is 4.72. The first-order valence-electron chi connectivity index (χ1n) is 7.97. The molecule has 0 radical (unpaired) electrons. The molecule has 0 fully saturated rings. The van der Waals surface area contributed by atoms with Crippen LogP contribution in [0.3, 0.4) is 0 Å². The van der Waals surface area contributed by atoms with E-state index in [4.69, 9.17) is 10.5 Å². The predicted octanol–water partition coefficient (Wildman–Crippen LogP) is 2.53. The third-order valence-corrected chi connectivity index (χ3v) is 6.15. The highest BCUT2D eigenvalue weighted by Gasteiger charge is 2.36. The van der Waals surface area contributed by atoms with E-state index in [1.165, 1.54) is 18.4 Å². The van der Waals surface area contributed by atoms with E-state index in [1.54, 1.807) is 18.2 Å². The van der Waals surface area contributed by atoms with Gasteiger partial charge in [-0.05, 0) is 30.5 Å². The molecule has 0 spiro atoms. The fourth-order valence-corrected chi connectivity index (χ4v) is 4.84. The molecule has 6 nitrogen and oxygen atoms in total. The van der Waals surface area contributed by atoms with Gasteiger partial charge in [-0.1, -0.05) is 28.1 Å². The summed E-state index contributed by atoms with van der Waals surface area (Å²) in [6.07, 6.45) is 0.921. The minimum Gasteiger partial charge on any atom is -0.469 e. The molecule has 3 N–H and O–H groups in total. The highest BCUT2D eigenvalue weighted by Crippen LogP contribution is 2.43. The van der Waals surface area contributed by atoms with Crippen LogP contribution < -0.4 is 11.1 Å². The van der Waals surface area contributed by atoms with Crippen LogP contribution in [0.4, 0.5) is 5.00 Å². The molecule has 1 amide bonds. The van der Waals surface area contributed by atoms with Gasteiger partial charge in [0.15, 0.2) is 5.78 Å². The van der Waals surface area contributed by atoms with Crippen LogP contribution in [0.2, 0.25) is 0 Å². The molecule has 1 aliphatic carbocycles. The van der Waals surface area contributed by atoms with E-state index in [1.807, 2.05) is 6.07 Å². The molecular formula is C18H17BrN2O4S. The lowest BCUT2D eigenvalue weighted by molar-refractivity contribution is -0.145. The minimum absolute atomic E-state index is 0.171. The lowest BCUT2D eigenvalue weighted by atomic mass is 9.98. The molecule has 26 heavy (non-hydrogen) atoms. The molecule has 1 unspecified atom stereocenters.